The lowest BCUT2D eigenvalue weighted by molar-refractivity contribution is 0.509. The molecule has 1 aromatic heterocycles. The summed E-state index contributed by atoms with van der Waals surface area (Å²) in [6.45, 7) is 0.296. The number of aromatic nitrogens is 2. The lowest BCUT2D eigenvalue weighted by Crippen LogP contribution is -2.17. The van der Waals surface area contributed by atoms with E-state index >= 15 is 0 Å². The summed E-state index contributed by atoms with van der Waals surface area (Å²) in [6, 6.07) is 2.74. The highest BCUT2D eigenvalue weighted by Gasteiger charge is 2.21. The van der Waals surface area contributed by atoms with Gasteiger partial charge in [-0.1, -0.05) is 0 Å². The summed E-state index contributed by atoms with van der Waals surface area (Å²) in [5, 5.41) is 8.70. The van der Waals surface area contributed by atoms with Gasteiger partial charge in [0, 0.05) is 18.2 Å². The first-order chi connectivity index (χ1) is 9.44. The maximum atomic E-state index is 13.1. The standard InChI is InChI=1S/C11H12F2N4O2S/c1-14-5-7-6-15-16-11(7)20(18,19)17-8-2-3-9(12)10(13)4-8/h2-4,6,14,17H,5H2,1H3,(H,15,16). The molecule has 0 amide bonds. The van der Waals surface area contributed by atoms with E-state index in [1.54, 1.807) is 7.05 Å². The molecule has 0 atom stereocenters. The third-order valence-corrected chi connectivity index (χ3v) is 3.88. The summed E-state index contributed by atoms with van der Waals surface area (Å²) in [4.78, 5) is 0. The van der Waals surface area contributed by atoms with Gasteiger partial charge in [0.2, 0.25) is 0 Å². The summed E-state index contributed by atoms with van der Waals surface area (Å²) in [5.41, 5.74) is 0.358. The summed E-state index contributed by atoms with van der Waals surface area (Å²) in [5.74, 6) is -2.18. The minimum atomic E-state index is -3.95. The largest absolute Gasteiger partial charge is 0.316 e. The van der Waals surface area contributed by atoms with Crippen LogP contribution >= 0.6 is 0 Å². The number of hydrogen-bond acceptors (Lipinski definition) is 4. The van der Waals surface area contributed by atoms with Crippen LogP contribution in [0.5, 0.6) is 0 Å². The van der Waals surface area contributed by atoms with Crippen LogP contribution in [0.25, 0.3) is 0 Å². The Kier molecular flexibility index (Phi) is 4.00. The number of aromatic amines is 1. The van der Waals surface area contributed by atoms with Crippen molar-refractivity contribution in [3.05, 3.63) is 41.6 Å². The van der Waals surface area contributed by atoms with Gasteiger partial charge in [0.1, 0.15) is 0 Å². The molecule has 1 aromatic carbocycles. The zero-order chi connectivity index (χ0) is 14.8. The molecule has 9 heteroatoms. The van der Waals surface area contributed by atoms with Crippen LogP contribution in [0.2, 0.25) is 0 Å². The number of rotatable bonds is 5. The molecule has 0 aliphatic carbocycles. The number of anilines is 1. The van der Waals surface area contributed by atoms with Crippen LogP contribution in [0.3, 0.4) is 0 Å². The van der Waals surface area contributed by atoms with Crippen LogP contribution in [0.4, 0.5) is 14.5 Å². The van der Waals surface area contributed by atoms with Crippen LogP contribution in [-0.2, 0) is 16.6 Å². The van der Waals surface area contributed by atoms with E-state index in [4.69, 9.17) is 0 Å². The highest BCUT2D eigenvalue weighted by molar-refractivity contribution is 7.92. The van der Waals surface area contributed by atoms with Gasteiger partial charge in [0.15, 0.2) is 16.7 Å². The molecule has 0 fully saturated rings. The average molecular weight is 302 g/mol. The Morgan fingerprint density at radius 3 is 2.70 bits per heavy atom. The fourth-order valence-electron chi connectivity index (χ4n) is 1.61. The Bertz CT molecular complexity index is 715. The van der Waals surface area contributed by atoms with Gasteiger partial charge >= 0.3 is 0 Å². The van der Waals surface area contributed by atoms with Crippen LogP contribution in [-0.4, -0.2) is 25.7 Å². The molecular weight excluding hydrogens is 290 g/mol. The monoisotopic (exact) mass is 302 g/mol. The van der Waals surface area contributed by atoms with E-state index in [1.165, 1.54) is 6.20 Å². The Balaban J connectivity index is 2.30. The van der Waals surface area contributed by atoms with Crippen molar-refractivity contribution in [3.8, 4) is 0 Å². The lowest BCUT2D eigenvalue weighted by atomic mass is 10.3. The van der Waals surface area contributed by atoms with Crippen LogP contribution in [0.15, 0.2) is 29.4 Å². The van der Waals surface area contributed by atoms with Gasteiger partial charge < -0.3 is 5.32 Å². The number of nitrogens with one attached hydrogen (secondary N) is 3. The molecule has 6 nitrogen and oxygen atoms in total. The SMILES string of the molecule is CNCc1cn[nH]c1S(=O)(=O)Nc1ccc(F)c(F)c1. The Hall–Kier alpha value is -2.00. The van der Waals surface area contributed by atoms with E-state index in [-0.39, 0.29) is 10.7 Å². The van der Waals surface area contributed by atoms with E-state index in [0.717, 1.165) is 18.2 Å². The predicted octanol–water partition coefficient (Wildman–Crippen LogP) is 1.21. The molecule has 0 bridgehead atoms. The molecule has 0 saturated carbocycles. The molecule has 0 spiro atoms. The Morgan fingerprint density at radius 1 is 1.30 bits per heavy atom. The summed E-state index contributed by atoms with van der Waals surface area (Å²) >= 11 is 0. The van der Waals surface area contributed by atoms with Crippen molar-refractivity contribution in [1.29, 1.82) is 0 Å². The first-order valence-electron chi connectivity index (χ1n) is 5.59. The molecule has 108 valence electrons. The number of sulfonamides is 1. The van der Waals surface area contributed by atoms with Crippen molar-refractivity contribution in [2.45, 2.75) is 11.6 Å². The number of nitrogens with zero attached hydrogens (tertiary/aromatic N) is 1. The number of H-pyrrole nitrogens is 1. The molecule has 0 aliphatic heterocycles. The molecule has 2 rings (SSSR count). The molecule has 0 saturated heterocycles. The van der Waals surface area contributed by atoms with E-state index in [0.29, 0.717) is 12.1 Å². The average Bonchev–Trinajstić information content (AvgIpc) is 2.83. The van der Waals surface area contributed by atoms with Gasteiger partial charge in [-0.25, -0.2) is 8.78 Å². The van der Waals surface area contributed by atoms with Crippen molar-refractivity contribution in [3.63, 3.8) is 0 Å². The number of hydrogen-bond donors (Lipinski definition) is 3. The highest BCUT2D eigenvalue weighted by atomic mass is 32.2. The lowest BCUT2D eigenvalue weighted by Gasteiger charge is -2.08. The quantitative estimate of drug-likeness (QED) is 0.775. The normalized spacial score (nSPS) is 11.6. The van der Waals surface area contributed by atoms with E-state index in [9.17, 15) is 17.2 Å². The van der Waals surface area contributed by atoms with Gasteiger partial charge in [-0.15, -0.1) is 0 Å². The second-order valence-electron chi connectivity index (χ2n) is 3.99. The second-order valence-corrected chi connectivity index (χ2v) is 5.61. The Morgan fingerprint density at radius 2 is 2.05 bits per heavy atom. The van der Waals surface area contributed by atoms with E-state index < -0.39 is 21.7 Å². The summed E-state index contributed by atoms with van der Waals surface area (Å²) < 4.78 is 52.3. The van der Waals surface area contributed by atoms with Crippen LogP contribution in [0.1, 0.15) is 5.56 Å². The predicted molar refractivity (Wildman–Crippen MR) is 68.5 cm³/mol. The van der Waals surface area contributed by atoms with E-state index in [2.05, 4.69) is 20.2 Å². The molecule has 0 unspecified atom stereocenters. The van der Waals surface area contributed by atoms with Crippen molar-refractivity contribution in [2.75, 3.05) is 11.8 Å². The highest BCUT2D eigenvalue weighted by Crippen LogP contribution is 2.19. The van der Waals surface area contributed by atoms with Gasteiger partial charge in [0.25, 0.3) is 10.0 Å². The third kappa shape index (κ3) is 2.94. The van der Waals surface area contributed by atoms with Crippen molar-refractivity contribution < 1.29 is 17.2 Å². The minimum Gasteiger partial charge on any atom is -0.316 e. The zero-order valence-electron chi connectivity index (χ0n) is 10.4. The van der Waals surface area contributed by atoms with Gasteiger partial charge in [-0.05, 0) is 19.2 Å². The first kappa shape index (κ1) is 14.4. The molecular formula is C11H12F2N4O2S. The number of benzene rings is 1. The maximum absolute atomic E-state index is 13.1. The molecule has 1 heterocycles. The smallest absolute Gasteiger partial charge is 0.279 e. The van der Waals surface area contributed by atoms with Gasteiger partial charge in [-0.3, -0.25) is 9.82 Å². The minimum absolute atomic E-state index is 0.0751. The number of halogens is 2. The van der Waals surface area contributed by atoms with Crippen LogP contribution in [0, 0.1) is 11.6 Å². The first-order valence-corrected chi connectivity index (χ1v) is 7.07. The Labute approximate surface area is 114 Å². The summed E-state index contributed by atoms with van der Waals surface area (Å²) in [6.07, 6.45) is 1.37. The molecule has 2 aromatic rings. The van der Waals surface area contributed by atoms with Crippen molar-refractivity contribution in [1.82, 2.24) is 15.5 Å². The molecule has 0 radical (unpaired) electrons. The third-order valence-electron chi connectivity index (χ3n) is 2.49. The fraction of sp³-hybridized carbons (Fsp3) is 0.182. The van der Waals surface area contributed by atoms with Gasteiger partial charge in [-0.2, -0.15) is 13.5 Å². The van der Waals surface area contributed by atoms with Crippen LogP contribution < -0.4 is 10.0 Å². The fourth-order valence-corrected chi connectivity index (χ4v) is 2.80. The second kappa shape index (κ2) is 5.55. The maximum Gasteiger partial charge on any atom is 0.279 e. The van der Waals surface area contributed by atoms with E-state index in [1.807, 2.05) is 0 Å². The molecule has 3 N–H and O–H groups in total. The topological polar surface area (TPSA) is 86.9 Å². The molecule has 20 heavy (non-hydrogen) atoms. The van der Waals surface area contributed by atoms with Crippen molar-refractivity contribution in [2.24, 2.45) is 0 Å². The van der Waals surface area contributed by atoms with Gasteiger partial charge in [0.05, 0.1) is 11.9 Å². The van der Waals surface area contributed by atoms with Crippen molar-refractivity contribution >= 4 is 15.7 Å². The zero-order valence-corrected chi connectivity index (χ0v) is 11.3. The molecule has 0 aliphatic rings. The summed E-state index contributed by atoms with van der Waals surface area (Å²) in [7, 11) is -2.29.